The minimum atomic E-state index is -0.317. The Bertz CT molecular complexity index is 302. The van der Waals surface area contributed by atoms with Crippen LogP contribution in [0, 0.1) is 5.41 Å². The van der Waals surface area contributed by atoms with Crippen LogP contribution in [0.25, 0.3) is 0 Å². The number of methoxy groups -OCH3 is 1. The van der Waals surface area contributed by atoms with Crippen molar-refractivity contribution in [3.05, 3.63) is 11.8 Å². The van der Waals surface area contributed by atoms with Crippen LogP contribution in [0.5, 0.6) is 0 Å². The van der Waals surface area contributed by atoms with Crippen molar-refractivity contribution in [2.45, 2.75) is 46.7 Å². The second kappa shape index (κ2) is 4.45. The normalized spacial score (nSPS) is 21.9. The Morgan fingerprint density at radius 1 is 1.50 bits per heavy atom. The summed E-state index contributed by atoms with van der Waals surface area (Å²) >= 11 is 0. The molecule has 0 bridgehead atoms. The molecular weight excluding hydrogens is 206 g/mol. The fraction of sp³-hybridized carbons (Fsp3) is 0.750. The smallest absolute Gasteiger partial charge is 0.338 e. The van der Waals surface area contributed by atoms with Gasteiger partial charge in [-0.05, 0) is 19.3 Å². The molecule has 0 N–H and O–H groups in total. The van der Waals surface area contributed by atoms with Gasteiger partial charge in [0.2, 0.25) is 0 Å². The van der Waals surface area contributed by atoms with E-state index >= 15 is 0 Å². The number of carbonyl (C=O) groups excluding carboxylic acids is 1. The van der Waals surface area contributed by atoms with E-state index in [0.717, 1.165) is 0 Å². The lowest BCUT2D eigenvalue weighted by atomic mass is 9.82. The van der Waals surface area contributed by atoms with Gasteiger partial charge in [0.1, 0.15) is 6.26 Å². The lowest BCUT2D eigenvalue weighted by molar-refractivity contribution is -0.154. The molecule has 1 atom stereocenters. The first-order valence-corrected chi connectivity index (χ1v) is 5.52. The van der Waals surface area contributed by atoms with Crippen LogP contribution in [0.1, 0.15) is 34.6 Å². The van der Waals surface area contributed by atoms with Crippen LogP contribution in [0.15, 0.2) is 11.8 Å². The molecule has 0 aromatic carbocycles. The van der Waals surface area contributed by atoms with E-state index in [1.54, 1.807) is 0 Å². The maximum Gasteiger partial charge on any atom is 0.338 e. The van der Waals surface area contributed by atoms with E-state index in [2.05, 4.69) is 20.8 Å². The molecule has 1 aliphatic heterocycles. The van der Waals surface area contributed by atoms with Crippen molar-refractivity contribution in [3.8, 4) is 0 Å². The zero-order valence-electron chi connectivity index (χ0n) is 10.9. The molecular formula is C12H21NO3. The highest BCUT2D eigenvalue weighted by Crippen LogP contribution is 2.36. The van der Waals surface area contributed by atoms with Gasteiger partial charge in [-0.25, -0.2) is 4.79 Å². The molecule has 0 aliphatic carbocycles. The number of carbonyl (C=O) groups is 1. The van der Waals surface area contributed by atoms with Crippen molar-refractivity contribution < 1.29 is 14.4 Å². The van der Waals surface area contributed by atoms with Gasteiger partial charge in [-0.2, -0.15) is 0 Å². The summed E-state index contributed by atoms with van der Waals surface area (Å²) in [7, 11) is 1.39. The van der Waals surface area contributed by atoms with Gasteiger partial charge in [-0.1, -0.05) is 20.8 Å². The molecule has 1 rings (SSSR count). The summed E-state index contributed by atoms with van der Waals surface area (Å²) < 4.78 is 4.77. The van der Waals surface area contributed by atoms with E-state index < -0.39 is 0 Å². The molecule has 1 unspecified atom stereocenters. The van der Waals surface area contributed by atoms with Crippen molar-refractivity contribution in [1.29, 1.82) is 0 Å². The minimum absolute atomic E-state index is 0.0695. The highest BCUT2D eigenvalue weighted by Gasteiger charge is 2.43. The van der Waals surface area contributed by atoms with Gasteiger partial charge in [0.05, 0.1) is 18.7 Å². The summed E-state index contributed by atoms with van der Waals surface area (Å²) in [5, 5.41) is 1.84. The van der Waals surface area contributed by atoms with Gasteiger partial charge in [0.25, 0.3) is 0 Å². The number of nitrogens with zero attached hydrogens (tertiary/aromatic N) is 1. The van der Waals surface area contributed by atoms with Gasteiger partial charge in [0, 0.05) is 6.04 Å². The Kier molecular flexibility index (Phi) is 3.63. The second-order valence-electron chi connectivity index (χ2n) is 5.39. The Labute approximate surface area is 97.2 Å². The number of hydrogen-bond acceptors (Lipinski definition) is 4. The minimum Gasteiger partial charge on any atom is -0.466 e. The molecule has 1 heterocycles. The summed E-state index contributed by atoms with van der Waals surface area (Å²) in [6, 6.07) is 0.141. The Morgan fingerprint density at radius 2 is 2.06 bits per heavy atom. The third-order valence-corrected chi connectivity index (χ3v) is 2.60. The molecule has 0 saturated heterocycles. The highest BCUT2D eigenvalue weighted by atomic mass is 16.7. The zero-order valence-corrected chi connectivity index (χ0v) is 10.9. The Balaban J connectivity index is 3.00. The maximum absolute atomic E-state index is 11.6. The van der Waals surface area contributed by atoms with Gasteiger partial charge in [0.15, 0.2) is 0 Å². The standard InChI is InChI=1S/C12H21NO3/c1-8(2)13-10(12(3,4)5)9(7-16-13)11(14)15-6/h7-8,10H,1-6H3. The van der Waals surface area contributed by atoms with Crippen molar-refractivity contribution in [1.82, 2.24) is 5.06 Å². The van der Waals surface area contributed by atoms with Crippen molar-refractivity contribution in [3.63, 3.8) is 0 Å². The molecule has 0 radical (unpaired) electrons. The monoisotopic (exact) mass is 227 g/mol. The van der Waals surface area contributed by atoms with E-state index in [9.17, 15) is 4.79 Å². The van der Waals surface area contributed by atoms with Crippen LogP contribution in [-0.4, -0.2) is 30.2 Å². The first-order chi connectivity index (χ1) is 7.29. The molecule has 0 aromatic rings. The average Bonchev–Trinajstić information content (AvgIpc) is 2.59. The molecule has 0 aromatic heterocycles. The Hall–Kier alpha value is -1.03. The zero-order chi connectivity index (χ0) is 12.5. The van der Waals surface area contributed by atoms with E-state index in [1.165, 1.54) is 13.4 Å². The highest BCUT2D eigenvalue weighted by molar-refractivity contribution is 5.90. The van der Waals surface area contributed by atoms with Crippen LogP contribution < -0.4 is 0 Å². The van der Waals surface area contributed by atoms with Crippen LogP contribution >= 0.6 is 0 Å². The number of hydrogen-bond donors (Lipinski definition) is 0. The molecule has 4 heteroatoms. The van der Waals surface area contributed by atoms with Crippen LogP contribution in [0.4, 0.5) is 0 Å². The largest absolute Gasteiger partial charge is 0.466 e. The fourth-order valence-corrected chi connectivity index (χ4v) is 1.93. The molecule has 0 saturated carbocycles. The predicted octanol–water partition coefficient (Wildman–Crippen LogP) is 2.11. The van der Waals surface area contributed by atoms with Crippen molar-refractivity contribution in [2.24, 2.45) is 5.41 Å². The van der Waals surface area contributed by atoms with Gasteiger partial charge >= 0.3 is 5.97 Å². The first kappa shape index (κ1) is 13.0. The van der Waals surface area contributed by atoms with Crippen molar-refractivity contribution in [2.75, 3.05) is 7.11 Å². The SMILES string of the molecule is COC(=O)C1=CON(C(C)C)C1C(C)(C)C. The second-order valence-corrected chi connectivity index (χ2v) is 5.39. The lowest BCUT2D eigenvalue weighted by Crippen LogP contribution is -2.45. The number of hydroxylamine groups is 2. The quantitative estimate of drug-likeness (QED) is 0.677. The molecule has 4 nitrogen and oxygen atoms in total. The van der Waals surface area contributed by atoms with Crippen molar-refractivity contribution >= 4 is 5.97 Å². The van der Waals surface area contributed by atoms with Crippen LogP contribution in [-0.2, 0) is 14.4 Å². The summed E-state index contributed by atoms with van der Waals surface area (Å²) in [4.78, 5) is 17.1. The lowest BCUT2D eigenvalue weighted by Gasteiger charge is -2.36. The summed E-state index contributed by atoms with van der Waals surface area (Å²) in [6.45, 7) is 10.3. The van der Waals surface area contributed by atoms with Gasteiger partial charge in [-0.15, -0.1) is 5.06 Å². The summed E-state index contributed by atoms with van der Waals surface area (Å²) in [5.41, 5.74) is 0.504. The topological polar surface area (TPSA) is 38.8 Å². The molecule has 16 heavy (non-hydrogen) atoms. The molecule has 0 amide bonds. The van der Waals surface area contributed by atoms with E-state index in [-0.39, 0.29) is 23.5 Å². The number of ether oxygens (including phenoxy) is 1. The predicted molar refractivity (Wildman–Crippen MR) is 61.4 cm³/mol. The van der Waals surface area contributed by atoms with Gasteiger partial charge < -0.3 is 9.57 Å². The molecule has 0 spiro atoms. The summed E-state index contributed by atoms with van der Waals surface area (Å²) in [5.74, 6) is -0.317. The molecule has 0 fully saturated rings. The number of esters is 1. The average molecular weight is 227 g/mol. The third kappa shape index (κ3) is 2.38. The molecule has 92 valence electrons. The van der Waals surface area contributed by atoms with Gasteiger partial charge in [-0.3, -0.25) is 0 Å². The Morgan fingerprint density at radius 3 is 2.44 bits per heavy atom. The van der Waals surface area contributed by atoms with Crippen LogP contribution in [0.3, 0.4) is 0 Å². The van der Waals surface area contributed by atoms with Crippen LogP contribution in [0.2, 0.25) is 0 Å². The number of rotatable bonds is 2. The summed E-state index contributed by atoms with van der Waals surface area (Å²) in [6.07, 6.45) is 1.50. The third-order valence-electron chi connectivity index (χ3n) is 2.60. The van der Waals surface area contributed by atoms with E-state index in [4.69, 9.17) is 9.57 Å². The fourth-order valence-electron chi connectivity index (χ4n) is 1.93. The first-order valence-electron chi connectivity index (χ1n) is 5.52. The maximum atomic E-state index is 11.6. The molecule has 1 aliphatic rings. The van der Waals surface area contributed by atoms with E-state index in [0.29, 0.717) is 5.57 Å². The van der Waals surface area contributed by atoms with E-state index in [1.807, 2.05) is 18.9 Å².